The summed E-state index contributed by atoms with van der Waals surface area (Å²) >= 11 is 0. The molecule has 1 aromatic carbocycles. The van der Waals surface area contributed by atoms with Crippen molar-refractivity contribution in [2.45, 2.75) is 34.1 Å². The summed E-state index contributed by atoms with van der Waals surface area (Å²) in [5, 5.41) is 8.84. The lowest BCUT2D eigenvalue weighted by Crippen LogP contribution is -2.32. The maximum absolute atomic E-state index is 12.8. The lowest BCUT2D eigenvalue weighted by Gasteiger charge is -2.22. The summed E-state index contributed by atoms with van der Waals surface area (Å²) in [6.45, 7) is 9.17. The van der Waals surface area contributed by atoms with E-state index in [0.717, 1.165) is 0 Å². The number of carbonyl (C=O) groups is 2. The molecule has 0 aliphatic heterocycles. The summed E-state index contributed by atoms with van der Waals surface area (Å²) in [4.78, 5) is 25.0. The minimum absolute atomic E-state index is 0.104. The van der Waals surface area contributed by atoms with E-state index in [1.807, 2.05) is 20.8 Å². The molecule has 25 heavy (non-hydrogen) atoms. The number of carbonyl (C=O) groups excluding carboxylic acids is 1. The first-order valence-corrected chi connectivity index (χ1v) is 8.55. The second-order valence-electron chi connectivity index (χ2n) is 5.13. The van der Waals surface area contributed by atoms with Gasteiger partial charge in [0, 0.05) is 18.7 Å². The first-order chi connectivity index (χ1) is 12.0. The molecular weight excluding hydrogens is 326 g/mol. The van der Waals surface area contributed by atoms with E-state index in [1.54, 1.807) is 19.1 Å². The second-order valence-corrected chi connectivity index (χ2v) is 5.13. The van der Waals surface area contributed by atoms with Crippen LogP contribution in [0.5, 0.6) is 17.2 Å². The number of benzene rings is 1. The molecule has 0 saturated carbocycles. The first kappa shape index (κ1) is 20.6. The van der Waals surface area contributed by atoms with Gasteiger partial charge in [0.2, 0.25) is 5.75 Å². The SMILES string of the molecule is CCOc1cc(C(=O)N(CC)CCC(=O)O)cc(OCC)c1OCC. The van der Waals surface area contributed by atoms with Gasteiger partial charge in [-0.05, 0) is 39.8 Å². The maximum atomic E-state index is 12.8. The molecule has 0 aromatic heterocycles. The van der Waals surface area contributed by atoms with E-state index in [-0.39, 0.29) is 18.9 Å². The molecule has 1 rings (SSSR count). The lowest BCUT2D eigenvalue weighted by atomic mass is 10.1. The largest absolute Gasteiger partial charge is 0.490 e. The molecule has 0 radical (unpaired) electrons. The molecule has 1 N–H and O–H groups in total. The smallest absolute Gasteiger partial charge is 0.305 e. The van der Waals surface area contributed by atoms with Crippen LogP contribution in [0.15, 0.2) is 12.1 Å². The summed E-state index contributed by atoms with van der Waals surface area (Å²) in [7, 11) is 0. The predicted molar refractivity (Wildman–Crippen MR) is 93.8 cm³/mol. The molecule has 0 aliphatic carbocycles. The molecule has 140 valence electrons. The fourth-order valence-corrected chi connectivity index (χ4v) is 2.33. The van der Waals surface area contributed by atoms with Crippen LogP contribution in [0, 0.1) is 0 Å². The van der Waals surface area contributed by atoms with Crippen molar-refractivity contribution in [2.24, 2.45) is 0 Å². The zero-order chi connectivity index (χ0) is 18.8. The van der Waals surface area contributed by atoms with Crippen LogP contribution in [0.4, 0.5) is 0 Å². The number of aliphatic carboxylic acids is 1. The molecule has 1 amide bonds. The molecule has 0 atom stereocenters. The van der Waals surface area contributed by atoms with Gasteiger partial charge in [-0.3, -0.25) is 9.59 Å². The third-order valence-corrected chi connectivity index (χ3v) is 3.42. The van der Waals surface area contributed by atoms with Crippen LogP contribution < -0.4 is 14.2 Å². The van der Waals surface area contributed by atoms with Crippen LogP contribution >= 0.6 is 0 Å². The Morgan fingerprint density at radius 2 is 1.48 bits per heavy atom. The van der Waals surface area contributed by atoms with E-state index >= 15 is 0 Å². The average Bonchev–Trinajstić information content (AvgIpc) is 2.58. The van der Waals surface area contributed by atoms with Gasteiger partial charge in [-0.25, -0.2) is 0 Å². The predicted octanol–water partition coefficient (Wildman–Crippen LogP) is 2.82. The lowest BCUT2D eigenvalue weighted by molar-refractivity contribution is -0.137. The second kappa shape index (κ2) is 10.4. The van der Waals surface area contributed by atoms with Crippen molar-refractivity contribution in [2.75, 3.05) is 32.9 Å². The van der Waals surface area contributed by atoms with Crippen LogP contribution in [-0.2, 0) is 4.79 Å². The Morgan fingerprint density at radius 1 is 0.960 bits per heavy atom. The third kappa shape index (κ3) is 5.85. The highest BCUT2D eigenvalue weighted by Gasteiger charge is 2.21. The number of ether oxygens (including phenoxy) is 3. The van der Waals surface area contributed by atoms with Crippen molar-refractivity contribution in [3.8, 4) is 17.2 Å². The number of nitrogens with zero attached hydrogens (tertiary/aromatic N) is 1. The van der Waals surface area contributed by atoms with E-state index in [9.17, 15) is 9.59 Å². The average molecular weight is 353 g/mol. The standard InChI is InChI=1S/C18H27NO6/c1-5-19(10-9-16(20)21)18(22)13-11-14(23-6-2)17(25-8-4)15(12-13)24-7-3/h11-12H,5-10H2,1-4H3,(H,20,21). The number of carboxylic acid groups (broad SMARTS) is 1. The number of rotatable bonds is 11. The van der Waals surface area contributed by atoms with Crippen LogP contribution in [0.2, 0.25) is 0 Å². The van der Waals surface area contributed by atoms with E-state index in [4.69, 9.17) is 19.3 Å². The fraction of sp³-hybridized carbons (Fsp3) is 0.556. The van der Waals surface area contributed by atoms with Gasteiger partial charge in [0.15, 0.2) is 11.5 Å². The Balaban J connectivity index is 3.23. The highest BCUT2D eigenvalue weighted by Crippen LogP contribution is 2.39. The van der Waals surface area contributed by atoms with Crippen LogP contribution in [-0.4, -0.2) is 54.8 Å². The molecule has 0 heterocycles. The minimum Gasteiger partial charge on any atom is -0.490 e. The van der Waals surface area contributed by atoms with Gasteiger partial charge in [0.1, 0.15) is 0 Å². The summed E-state index contributed by atoms with van der Waals surface area (Å²) in [6, 6.07) is 3.23. The molecule has 0 fully saturated rings. The Morgan fingerprint density at radius 3 is 1.88 bits per heavy atom. The van der Waals surface area contributed by atoms with E-state index in [1.165, 1.54) is 4.90 Å². The van der Waals surface area contributed by atoms with Crippen molar-refractivity contribution < 1.29 is 28.9 Å². The van der Waals surface area contributed by atoms with Gasteiger partial charge in [-0.2, -0.15) is 0 Å². The van der Waals surface area contributed by atoms with Gasteiger partial charge in [0.05, 0.1) is 26.2 Å². The van der Waals surface area contributed by atoms with Crippen molar-refractivity contribution in [3.63, 3.8) is 0 Å². The Bertz CT molecular complexity index is 560. The topological polar surface area (TPSA) is 85.3 Å². The van der Waals surface area contributed by atoms with Crippen molar-refractivity contribution in [1.82, 2.24) is 4.90 Å². The van der Waals surface area contributed by atoms with Gasteiger partial charge < -0.3 is 24.2 Å². The van der Waals surface area contributed by atoms with Crippen molar-refractivity contribution in [3.05, 3.63) is 17.7 Å². The monoisotopic (exact) mass is 353 g/mol. The Kier molecular flexibility index (Phi) is 8.60. The summed E-state index contributed by atoms with van der Waals surface area (Å²) in [6.07, 6.45) is -0.104. The molecular formula is C18H27NO6. The molecule has 0 spiro atoms. The van der Waals surface area contributed by atoms with Crippen molar-refractivity contribution >= 4 is 11.9 Å². The molecule has 7 nitrogen and oxygen atoms in total. The molecule has 0 unspecified atom stereocenters. The number of amides is 1. The normalized spacial score (nSPS) is 10.2. The van der Waals surface area contributed by atoms with E-state index < -0.39 is 5.97 Å². The van der Waals surface area contributed by atoms with Gasteiger partial charge >= 0.3 is 5.97 Å². The summed E-state index contributed by atoms with van der Waals surface area (Å²) in [5.74, 6) is 0.133. The van der Waals surface area contributed by atoms with Gasteiger partial charge in [-0.15, -0.1) is 0 Å². The zero-order valence-electron chi connectivity index (χ0n) is 15.3. The molecule has 7 heteroatoms. The zero-order valence-corrected chi connectivity index (χ0v) is 15.3. The van der Waals surface area contributed by atoms with E-state index in [2.05, 4.69) is 0 Å². The summed E-state index contributed by atoms with van der Waals surface area (Å²) < 4.78 is 16.8. The molecule has 1 aromatic rings. The molecule has 0 aliphatic rings. The van der Waals surface area contributed by atoms with Crippen LogP contribution in [0.1, 0.15) is 44.5 Å². The highest BCUT2D eigenvalue weighted by atomic mass is 16.5. The van der Waals surface area contributed by atoms with Crippen molar-refractivity contribution in [1.29, 1.82) is 0 Å². The first-order valence-electron chi connectivity index (χ1n) is 8.55. The molecule has 0 bridgehead atoms. The Hall–Kier alpha value is -2.44. The molecule has 0 saturated heterocycles. The summed E-state index contributed by atoms with van der Waals surface area (Å²) in [5.41, 5.74) is 0.377. The van der Waals surface area contributed by atoms with Gasteiger partial charge in [0.25, 0.3) is 5.91 Å². The highest BCUT2D eigenvalue weighted by molar-refractivity contribution is 5.95. The number of hydrogen-bond acceptors (Lipinski definition) is 5. The number of hydrogen-bond donors (Lipinski definition) is 1. The minimum atomic E-state index is -0.942. The van der Waals surface area contributed by atoms with Crippen LogP contribution in [0.25, 0.3) is 0 Å². The maximum Gasteiger partial charge on any atom is 0.305 e. The fourth-order valence-electron chi connectivity index (χ4n) is 2.33. The Labute approximate surface area is 148 Å². The number of carboxylic acids is 1. The van der Waals surface area contributed by atoms with Gasteiger partial charge in [-0.1, -0.05) is 0 Å². The van der Waals surface area contributed by atoms with E-state index in [0.29, 0.717) is 49.2 Å². The third-order valence-electron chi connectivity index (χ3n) is 3.42. The van der Waals surface area contributed by atoms with Crippen LogP contribution in [0.3, 0.4) is 0 Å². The quantitative estimate of drug-likeness (QED) is 0.658.